The summed E-state index contributed by atoms with van der Waals surface area (Å²) in [5.74, 6) is -3.63. The molecular weight excluding hydrogens is 705 g/mol. The third kappa shape index (κ3) is 12.6. The van der Waals surface area contributed by atoms with E-state index in [4.69, 9.17) is 9.47 Å². The highest BCUT2D eigenvalue weighted by Crippen LogP contribution is 2.37. The molecule has 2 unspecified atom stereocenters. The zero-order chi connectivity index (χ0) is 38.1. The molecule has 1 heterocycles. The molecule has 51 heavy (non-hydrogen) atoms. The van der Waals surface area contributed by atoms with Gasteiger partial charge in [0.2, 0.25) is 6.29 Å². The van der Waals surface area contributed by atoms with Crippen molar-refractivity contribution >= 4 is 23.6 Å². The maximum absolute atomic E-state index is 14.0. The van der Waals surface area contributed by atoms with E-state index in [2.05, 4.69) is 10.1 Å². The highest BCUT2D eigenvalue weighted by molar-refractivity contribution is 5.77. The third-order valence-electron chi connectivity index (χ3n) is 7.66. The average Bonchev–Trinajstić information content (AvgIpc) is 3.02. The van der Waals surface area contributed by atoms with Crippen LogP contribution in [-0.4, -0.2) is 79.8 Å². The molecule has 18 heteroatoms. The van der Waals surface area contributed by atoms with Crippen LogP contribution in [0.15, 0.2) is 48.5 Å². The molecular formula is C33H38F9N3O6. The molecule has 2 aromatic rings. The van der Waals surface area contributed by atoms with E-state index in [0.717, 1.165) is 18.2 Å². The van der Waals surface area contributed by atoms with Gasteiger partial charge in [-0.2, -0.15) is 39.5 Å². The van der Waals surface area contributed by atoms with Gasteiger partial charge in [0.15, 0.2) is 0 Å². The fourth-order valence-electron chi connectivity index (χ4n) is 5.14. The van der Waals surface area contributed by atoms with E-state index >= 15 is 0 Å². The molecule has 1 aliphatic rings. The Morgan fingerprint density at radius 3 is 2.14 bits per heavy atom. The third-order valence-corrected chi connectivity index (χ3v) is 7.66. The summed E-state index contributed by atoms with van der Waals surface area (Å²) in [6.45, 7) is 3.86. The minimum atomic E-state index is -5.94. The summed E-state index contributed by atoms with van der Waals surface area (Å²) in [5, 5.41) is 2.71. The van der Waals surface area contributed by atoms with Crippen LogP contribution in [0.1, 0.15) is 50.3 Å². The Hall–Kier alpha value is -4.06. The fraction of sp³-hybridized carbons (Fsp3) is 0.545. The molecule has 0 bridgehead atoms. The zero-order valence-corrected chi connectivity index (χ0v) is 27.8. The van der Waals surface area contributed by atoms with E-state index in [1.54, 1.807) is 44.2 Å². The molecule has 1 aliphatic heterocycles. The molecule has 1 fully saturated rings. The maximum atomic E-state index is 14.0. The number of hydrogen-bond acceptors (Lipinski definition) is 9. The summed E-state index contributed by atoms with van der Waals surface area (Å²) in [5.41, 5.74) is -0.227. The molecule has 2 atom stereocenters. The number of carbonyl (C=O) groups excluding carboxylic acids is 3. The first-order chi connectivity index (χ1) is 23.7. The van der Waals surface area contributed by atoms with Gasteiger partial charge in [-0.05, 0) is 29.7 Å². The lowest BCUT2D eigenvalue weighted by Gasteiger charge is -2.37. The topological polar surface area (TPSA) is 97.4 Å². The van der Waals surface area contributed by atoms with Crippen molar-refractivity contribution in [1.29, 1.82) is 0 Å². The molecule has 0 aliphatic carbocycles. The van der Waals surface area contributed by atoms with Gasteiger partial charge in [0, 0.05) is 58.3 Å². The van der Waals surface area contributed by atoms with Crippen molar-refractivity contribution in [3.8, 4) is 0 Å². The van der Waals surface area contributed by atoms with Crippen molar-refractivity contribution in [2.24, 2.45) is 5.92 Å². The van der Waals surface area contributed by atoms with Crippen molar-refractivity contribution < 1.29 is 68.1 Å². The van der Waals surface area contributed by atoms with Gasteiger partial charge in [0.25, 0.3) is 6.10 Å². The monoisotopic (exact) mass is 743 g/mol. The summed E-state index contributed by atoms with van der Waals surface area (Å²) in [7, 11) is 0. The molecule has 284 valence electrons. The van der Waals surface area contributed by atoms with E-state index in [1.165, 1.54) is 16.7 Å². The second-order valence-corrected chi connectivity index (χ2v) is 12.1. The first-order valence-corrected chi connectivity index (χ1v) is 15.8. The highest BCUT2D eigenvalue weighted by atomic mass is 19.4. The van der Waals surface area contributed by atoms with Crippen molar-refractivity contribution in [3.63, 3.8) is 0 Å². The SMILES string of the molecule is CC(OC(=O)CCCN(Cc1ccccc1)c1cc(C(F)(F)F)ccc1CN1CCNCC1C(=O)OC(C(F)(F)F)C(F)(F)F)OC(=O)C(C)C. The minimum absolute atomic E-state index is 0.00427. The van der Waals surface area contributed by atoms with Crippen LogP contribution in [0.3, 0.4) is 0 Å². The summed E-state index contributed by atoms with van der Waals surface area (Å²) in [6, 6.07) is 9.63. The number of carbonyl (C=O) groups is 3. The van der Waals surface area contributed by atoms with Crippen LogP contribution in [0.2, 0.25) is 0 Å². The minimum Gasteiger partial charge on any atom is -0.442 e. The molecule has 0 saturated carbocycles. The van der Waals surface area contributed by atoms with Crippen LogP contribution < -0.4 is 10.2 Å². The van der Waals surface area contributed by atoms with Crippen LogP contribution in [0, 0.1) is 5.92 Å². The second-order valence-electron chi connectivity index (χ2n) is 12.1. The molecule has 0 aromatic heterocycles. The fourth-order valence-corrected chi connectivity index (χ4v) is 5.14. The second kappa shape index (κ2) is 17.4. The number of nitrogens with zero attached hydrogens (tertiary/aromatic N) is 2. The Morgan fingerprint density at radius 2 is 1.55 bits per heavy atom. The van der Waals surface area contributed by atoms with E-state index in [-0.39, 0.29) is 56.8 Å². The van der Waals surface area contributed by atoms with Gasteiger partial charge in [-0.25, -0.2) is 0 Å². The normalized spacial score (nSPS) is 16.5. The Balaban J connectivity index is 1.92. The lowest BCUT2D eigenvalue weighted by atomic mass is 10.0. The number of anilines is 1. The molecule has 9 nitrogen and oxygen atoms in total. The van der Waals surface area contributed by atoms with Crippen LogP contribution in [0.25, 0.3) is 0 Å². The number of ether oxygens (including phenoxy) is 3. The van der Waals surface area contributed by atoms with Crippen molar-refractivity contribution in [1.82, 2.24) is 10.2 Å². The van der Waals surface area contributed by atoms with Gasteiger partial charge in [0.05, 0.1) is 11.5 Å². The van der Waals surface area contributed by atoms with Crippen LogP contribution in [-0.2, 0) is 47.9 Å². The molecule has 0 spiro atoms. The smallest absolute Gasteiger partial charge is 0.434 e. The average molecular weight is 744 g/mol. The van der Waals surface area contributed by atoms with Crippen molar-refractivity contribution in [2.75, 3.05) is 31.1 Å². The number of alkyl halides is 9. The Bertz CT molecular complexity index is 1450. The predicted molar refractivity (Wildman–Crippen MR) is 164 cm³/mol. The number of hydrogen-bond donors (Lipinski definition) is 1. The van der Waals surface area contributed by atoms with Crippen LogP contribution in [0.5, 0.6) is 0 Å². The number of piperazine rings is 1. The van der Waals surface area contributed by atoms with E-state index in [9.17, 15) is 53.9 Å². The Kier molecular flexibility index (Phi) is 14.1. The van der Waals surface area contributed by atoms with Gasteiger partial charge in [0.1, 0.15) is 6.04 Å². The largest absolute Gasteiger partial charge is 0.442 e. The van der Waals surface area contributed by atoms with Gasteiger partial charge in [-0.1, -0.05) is 50.2 Å². The summed E-state index contributed by atoms with van der Waals surface area (Å²) < 4.78 is 135. The number of halogens is 9. The maximum Gasteiger partial charge on any atom is 0.434 e. The van der Waals surface area contributed by atoms with Crippen LogP contribution in [0.4, 0.5) is 45.2 Å². The van der Waals surface area contributed by atoms with Crippen molar-refractivity contribution in [3.05, 3.63) is 65.2 Å². The first kappa shape index (κ1) is 41.4. The lowest BCUT2D eigenvalue weighted by Crippen LogP contribution is -2.57. The zero-order valence-electron chi connectivity index (χ0n) is 27.8. The summed E-state index contributed by atoms with van der Waals surface area (Å²) in [6.07, 6.45) is -22.4. The molecule has 1 saturated heterocycles. The van der Waals surface area contributed by atoms with Gasteiger partial charge < -0.3 is 24.4 Å². The highest BCUT2D eigenvalue weighted by Gasteiger charge is 2.60. The van der Waals surface area contributed by atoms with Gasteiger partial charge in [-0.3, -0.25) is 19.3 Å². The molecule has 2 aromatic carbocycles. The predicted octanol–water partition coefficient (Wildman–Crippen LogP) is 6.39. The lowest BCUT2D eigenvalue weighted by molar-refractivity contribution is -0.314. The van der Waals surface area contributed by atoms with Gasteiger partial charge >= 0.3 is 36.4 Å². The summed E-state index contributed by atoms with van der Waals surface area (Å²) >= 11 is 0. The first-order valence-electron chi connectivity index (χ1n) is 15.8. The molecule has 0 radical (unpaired) electrons. The van der Waals surface area contributed by atoms with Crippen molar-refractivity contribution in [2.45, 2.75) is 83.7 Å². The molecule has 1 N–H and O–H groups in total. The van der Waals surface area contributed by atoms with Gasteiger partial charge in [-0.15, -0.1) is 0 Å². The molecule has 0 amide bonds. The number of rotatable bonds is 14. The number of esters is 3. The molecule has 3 rings (SSSR count). The van der Waals surface area contributed by atoms with Crippen LogP contribution >= 0.6 is 0 Å². The Morgan fingerprint density at radius 1 is 0.902 bits per heavy atom. The van der Waals surface area contributed by atoms with E-state index in [0.29, 0.717) is 5.56 Å². The number of nitrogens with one attached hydrogen (secondary N) is 1. The number of benzene rings is 2. The Labute approximate surface area is 288 Å². The quantitative estimate of drug-likeness (QED) is 0.134. The van der Waals surface area contributed by atoms with E-state index < -0.39 is 72.9 Å². The summed E-state index contributed by atoms with van der Waals surface area (Å²) in [4.78, 5) is 39.9. The van der Waals surface area contributed by atoms with E-state index in [1.807, 2.05) is 0 Å². The standard InChI is InChI=1S/C33H38F9N3O6/c1-20(2)28(47)50-21(3)49-27(46)10-7-14-44(18-22-8-5-4-6-9-22)25-16-24(31(34,35)36)12-11-23(25)19-45-15-13-43-17-26(45)29(48)51-30(32(37,38)39)33(40,41)42/h4-6,8-9,11-12,16,20-21,26,30,43H,7,10,13-15,17-19H2,1-3H3.